The first-order valence-electron chi connectivity index (χ1n) is 5.15. The Morgan fingerprint density at radius 3 is 2.88 bits per heavy atom. The summed E-state index contributed by atoms with van der Waals surface area (Å²) in [5.74, 6) is 0.932. The molecule has 2 rings (SSSR count). The van der Waals surface area contributed by atoms with Crippen LogP contribution >= 0.6 is 24.0 Å². The Bertz CT molecular complexity index is 338. The number of piperazine rings is 1. The van der Waals surface area contributed by atoms with Crippen LogP contribution in [0.25, 0.3) is 0 Å². The Morgan fingerprint density at radius 2 is 2.25 bits per heavy atom. The van der Waals surface area contributed by atoms with Crippen molar-refractivity contribution in [2.24, 2.45) is 0 Å². The Kier molecular flexibility index (Phi) is 4.77. The van der Waals surface area contributed by atoms with E-state index in [0.29, 0.717) is 11.3 Å². The van der Waals surface area contributed by atoms with E-state index in [1.807, 2.05) is 13.0 Å². The van der Waals surface area contributed by atoms with Crippen LogP contribution in [0.1, 0.15) is 12.6 Å². The first kappa shape index (κ1) is 13.5. The van der Waals surface area contributed by atoms with Crippen LogP contribution in [0, 0.1) is 6.92 Å². The second-order valence-corrected chi connectivity index (χ2v) is 4.22. The molecule has 1 fully saturated rings. The lowest BCUT2D eigenvalue weighted by Crippen LogP contribution is -2.50. The summed E-state index contributed by atoms with van der Waals surface area (Å²) in [6.45, 7) is 7.06. The number of nitrogens with zero attached hydrogens (tertiary/aromatic N) is 3. The number of hydrogen-bond donors (Lipinski definition) is 1. The van der Waals surface area contributed by atoms with Crippen molar-refractivity contribution < 1.29 is 0 Å². The summed E-state index contributed by atoms with van der Waals surface area (Å²) in [5, 5.41) is 3.67. The number of anilines is 1. The van der Waals surface area contributed by atoms with Crippen molar-refractivity contribution in [2.45, 2.75) is 19.9 Å². The van der Waals surface area contributed by atoms with Crippen molar-refractivity contribution in [3.05, 3.63) is 17.0 Å². The molecule has 1 N–H and O–H groups in total. The molecule has 0 aromatic carbocycles. The summed E-state index contributed by atoms with van der Waals surface area (Å²) in [5.41, 5.74) is 0.913. The molecule has 0 radical (unpaired) electrons. The molecule has 1 atom stereocenters. The Hall–Kier alpha value is -0.580. The topological polar surface area (TPSA) is 41.0 Å². The average molecular weight is 263 g/mol. The molecule has 1 aromatic rings. The van der Waals surface area contributed by atoms with Crippen LogP contribution in [0.5, 0.6) is 0 Å². The molecule has 4 nitrogen and oxygen atoms in total. The summed E-state index contributed by atoms with van der Waals surface area (Å²) in [4.78, 5) is 10.6. The number of nitrogens with one attached hydrogen (secondary N) is 1. The van der Waals surface area contributed by atoms with Gasteiger partial charge in [0.05, 0.1) is 0 Å². The van der Waals surface area contributed by atoms with E-state index in [1.54, 1.807) is 0 Å². The fourth-order valence-corrected chi connectivity index (χ4v) is 2.06. The van der Waals surface area contributed by atoms with Gasteiger partial charge in [-0.05, 0) is 25.4 Å². The van der Waals surface area contributed by atoms with Crippen LogP contribution in [-0.4, -0.2) is 35.6 Å². The smallest absolute Gasteiger partial charge is 0.224 e. The van der Waals surface area contributed by atoms with Crippen molar-refractivity contribution in [3.63, 3.8) is 0 Å². The summed E-state index contributed by atoms with van der Waals surface area (Å²) in [6.07, 6.45) is 0. The highest BCUT2D eigenvalue weighted by Crippen LogP contribution is 2.18. The third-order valence-corrected chi connectivity index (χ3v) is 2.78. The van der Waals surface area contributed by atoms with Gasteiger partial charge in [0.15, 0.2) is 0 Å². The molecule has 1 unspecified atom stereocenters. The molecule has 1 aliphatic rings. The molecule has 0 amide bonds. The fourth-order valence-electron chi connectivity index (χ4n) is 1.84. The number of aryl methyl sites for hydroxylation is 1. The van der Waals surface area contributed by atoms with Crippen molar-refractivity contribution in [3.8, 4) is 0 Å². The molecule has 1 saturated heterocycles. The number of halogens is 2. The Balaban J connectivity index is 0.00000128. The second kappa shape index (κ2) is 5.66. The highest BCUT2D eigenvalue weighted by atomic mass is 35.5. The molecule has 1 aromatic heterocycles. The summed E-state index contributed by atoms with van der Waals surface area (Å²) in [6, 6.07) is 2.43. The lowest BCUT2D eigenvalue weighted by Gasteiger charge is -2.34. The van der Waals surface area contributed by atoms with E-state index in [4.69, 9.17) is 11.6 Å². The van der Waals surface area contributed by atoms with Gasteiger partial charge in [0.25, 0.3) is 0 Å². The highest BCUT2D eigenvalue weighted by Gasteiger charge is 2.19. The highest BCUT2D eigenvalue weighted by molar-refractivity contribution is 6.28. The van der Waals surface area contributed by atoms with Gasteiger partial charge in [-0.2, -0.15) is 0 Å². The predicted molar refractivity (Wildman–Crippen MR) is 68.7 cm³/mol. The van der Waals surface area contributed by atoms with Gasteiger partial charge in [0, 0.05) is 37.4 Å². The van der Waals surface area contributed by atoms with Gasteiger partial charge in [0.1, 0.15) is 5.82 Å². The minimum atomic E-state index is 0. The lowest BCUT2D eigenvalue weighted by atomic mass is 10.2. The normalized spacial score (nSPS) is 20.4. The van der Waals surface area contributed by atoms with Crippen molar-refractivity contribution in [1.29, 1.82) is 0 Å². The van der Waals surface area contributed by atoms with Gasteiger partial charge in [-0.15, -0.1) is 12.4 Å². The van der Waals surface area contributed by atoms with Crippen molar-refractivity contribution in [2.75, 3.05) is 24.5 Å². The lowest BCUT2D eigenvalue weighted by molar-refractivity contribution is 0.497. The molecule has 2 heterocycles. The van der Waals surface area contributed by atoms with Gasteiger partial charge >= 0.3 is 0 Å². The van der Waals surface area contributed by atoms with Gasteiger partial charge in [-0.25, -0.2) is 9.97 Å². The SMILES string of the molecule is Cc1cc(N2CCNCC2C)nc(Cl)n1.Cl. The van der Waals surface area contributed by atoms with Crippen LogP contribution in [0.15, 0.2) is 6.07 Å². The van der Waals surface area contributed by atoms with Crippen LogP contribution < -0.4 is 10.2 Å². The van der Waals surface area contributed by atoms with Crippen molar-refractivity contribution in [1.82, 2.24) is 15.3 Å². The Labute approximate surface area is 107 Å². The number of hydrogen-bond acceptors (Lipinski definition) is 4. The third kappa shape index (κ3) is 2.97. The molecule has 0 spiro atoms. The zero-order valence-corrected chi connectivity index (χ0v) is 11.0. The fraction of sp³-hybridized carbons (Fsp3) is 0.600. The zero-order valence-electron chi connectivity index (χ0n) is 9.40. The number of aromatic nitrogens is 2. The van der Waals surface area contributed by atoms with E-state index in [0.717, 1.165) is 31.1 Å². The minimum Gasteiger partial charge on any atom is -0.351 e. The second-order valence-electron chi connectivity index (χ2n) is 3.88. The maximum absolute atomic E-state index is 5.85. The first-order chi connectivity index (χ1) is 7.16. The summed E-state index contributed by atoms with van der Waals surface area (Å²) < 4.78 is 0. The van der Waals surface area contributed by atoms with Crippen molar-refractivity contribution >= 4 is 29.8 Å². The van der Waals surface area contributed by atoms with Crippen LogP contribution in [0.2, 0.25) is 5.28 Å². The maximum atomic E-state index is 5.85. The first-order valence-corrected chi connectivity index (χ1v) is 5.53. The molecule has 6 heteroatoms. The van der Waals surface area contributed by atoms with E-state index in [-0.39, 0.29) is 12.4 Å². The average Bonchev–Trinajstić information content (AvgIpc) is 2.16. The molecular formula is C10H16Cl2N4. The molecule has 90 valence electrons. The van der Waals surface area contributed by atoms with E-state index >= 15 is 0 Å². The molecule has 0 bridgehead atoms. The molecule has 0 saturated carbocycles. The van der Waals surface area contributed by atoms with Gasteiger partial charge in [-0.1, -0.05) is 0 Å². The quantitative estimate of drug-likeness (QED) is 0.782. The monoisotopic (exact) mass is 262 g/mol. The Morgan fingerprint density at radius 1 is 1.50 bits per heavy atom. The predicted octanol–water partition coefficient (Wildman–Crippen LogP) is 1.66. The van der Waals surface area contributed by atoms with Crippen LogP contribution in [-0.2, 0) is 0 Å². The third-order valence-electron chi connectivity index (χ3n) is 2.61. The summed E-state index contributed by atoms with van der Waals surface area (Å²) in [7, 11) is 0. The number of rotatable bonds is 1. The van der Waals surface area contributed by atoms with Gasteiger partial charge in [-0.3, -0.25) is 0 Å². The molecule has 1 aliphatic heterocycles. The molecule has 16 heavy (non-hydrogen) atoms. The van der Waals surface area contributed by atoms with E-state index in [2.05, 4.69) is 27.1 Å². The standard InChI is InChI=1S/C10H15ClN4.ClH/c1-7-5-9(14-10(11)13-7)15-4-3-12-6-8(15)2;/h5,8,12H,3-4,6H2,1-2H3;1H. The summed E-state index contributed by atoms with van der Waals surface area (Å²) >= 11 is 5.85. The van der Waals surface area contributed by atoms with E-state index in [1.165, 1.54) is 0 Å². The van der Waals surface area contributed by atoms with E-state index < -0.39 is 0 Å². The van der Waals surface area contributed by atoms with E-state index in [9.17, 15) is 0 Å². The maximum Gasteiger partial charge on any atom is 0.224 e. The van der Waals surface area contributed by atoms with Crippen LogP contribution in [0.4, 0.5) is 5.82 Å². The van der Waals surface area contributed by atoms with Gasteiger partial charge in [0.2, 0.25) is 5.28 Å². The van der Waals surface area contributed by atoms with Gasteiger partial charge < -0.3 is 10.2 Å². The van der Waals surface area contributed by atoms with Crippen LogP contribution in [0.3, 0.4) is 0 Å². The molecular weight excluding hydrogens is 247 g/mol. The minimum absolute atomic E-state index is 0. The molecule has 0 aliphatic carbocycles. The zero-order chi connectivity index (χ0) is 10.8. The largest absolute Gasteiger partial charge is 0.351 e.